The molecule has 4 aromatic rings. The van der Waals surface area contributed by atoms with Crippen molar-refractivity contribution in [2.24, 2.45) is 0 Å². The molecule has 6 nitrogen and oxygen atoms in total. The van der Waals surface area contributed by atoms with E-state index in [9.17, 15) is 9.18 Å². The molecule has 1 aliphatic rings. The molecule has 0 aliphatic carbocycles. The number of hydrogen-bond acceptors (Lipinski definition) is 4. The Bertz CT molecular complexity index is 1200. The van der Waals surface area contributed by atoms with Crippen molar-refractivity contribution < 1.29 is 14.1 Å². The minimum Gasteiger partial charge on any atom is -0.354 e. The van der Waals surface area contributed by atoms with Crippen LogP contribution in [0.5, 0.6) is 0 Å². The molecule has 1 aliphatic heterocycles. The molecule has 3 heterocycles. The zero-order valence-electron chi connectivity index (χ0n) is 17.0. The average molecular weight is 416 g/mol. The number of nitrogens with zero attached hydrogens (tertiary/aromatic N) is 3. The van der Waals surface area contributed by atoms with E-state index in [4.69, 9.17) is 0 Å². The Hall–Kier alpha value is -3.58. The summed E-state index contributed by atoms with van der Waals surface area (Å²) in [4.78, 5) is 28.9. The van der Waals surface area contributed by atoms with E-state index < -0.39 is 0 Å². The standard InChI is InChI=1S/C24H22FN5O/c25-18-8-6-17(7-9-18)23-22(19-4-1-2-5-20(19)28-23)21(31)16-29-12-14-30(15-13-29)24-26-10-3-11-27-24/h1-11,28H,12-16H2/p+1. The molecule has 31 heavy (non-hydrogen) atoms. The van der Waals surface area contributed by atoms with E-state index in [0.717, 1.165) is 54.3 Å². The van der Waals surface area contributed by atoms with Gasteiger partial charge in [-0.05, 0) is 42.0 Å². The van der Waals surface area contributed by atoms with Gasteiger partial charge in [0.1, 0.15) is 12.4 Å². The number of Topliss-reactive ketones (excluding diaryl/α,β-unsaturated/α-hetero) is 1. The number of ketones is 1. The van der Waals surface area contributed by atoms with Gasteiger partial charge in [0, 0.05) is 23.3 Å². The first-order valence-electron chi connectivity index (χ1n) is 10.4. The molecule has 1 fully saturated rings. The number of aromatic amines is 1. The zero-order chi connectivity index (χ0) is 21.2. The minimum atomic E-state index is -0.294. The second-order valence-electron chi connectivity index (χ2n) is 7.81. The lowest BCUT2D eigenvalue weighted by Crippen LogP contribution is -3.15. The molecule has 2 aromatic heterocycles. The van der Waals surface area contributed by atoms with Crippen LogP contribution in [0.15, 0.2) is 67.0 Å². The average Bonchev–Trinajstić information content (AvgIpc) is 3.20. The van der Waals surface area contributed by atoms with Crippen LogP contribution in [0.25, 0.3) is 22.2 Å². The predicted octanol–water partition coefficient (Wildman–Crippen LogP) is 2.35. The first kappa shape index (κ1) is 19.4. The number of anilines is 1. The highest BCUT2D eigenvalue weighted by atomic mass is 19.1. The van der Waals surface area contributed by atoms with Crippen molar-refractivity contribution in [3.8, 4) is 11.3 Å². The molecular formula is C24H23FN5O+. The molecule has 156 valence electrons. The number of fused-ring (bicyclic) bond motifs is 1. The Balaban J connectivity index is 1.37. The van der Waals surface area contributed by atoms with Crippen LogP contribution in [0, 0.1) is 5.82 Å². The van der Waals surface area contributed by atoms with E-state index >= 15 is 0 Å². The Morgan fingerprint density at radius 1 is 1.00 bits per heavy atom. The second-order valence-corrected chi connectivity index (χ2v) is 7.81. The van der Waals surface area contributed by atoms with Gasteiger partial charge in [-0.25, -0.2) is 14.4 Å². The quantitative estimate of drug-likeness (QED) is 0.490. The molecule has 0 unspecified atom stereocenters. The molecule has 5 rings (SSSR count). The lowest BCUT2D eigenvalue weighted by molar-refractivity contribution is -0.892. The van der Waals surface area contributed by atoms with Gasteiger partial charge in [0.05, 0.1) is 37.4 Å². The number of halogens is 1. The van der Waals surface area contributed by atoms with Crippen molar-refractivity contribution in [3.63, 3.8) is 0 Å². The van der Waals surface area contributed by atoms with Crippen LogP contribution in [0.2, 0.25) is 0 Å². The SMILES string of the molecule is O=C(C[NH+]1CCN(c2ncccn2)CC1)c1c(-c2ccc(F)cc2)[nH]c2ccccc12. The Morgan fingerprint density at radius 3 is 2.45 bits per heavy atom. The molecule has 7 heteroatoms. The monoisotopic (exact) mass is 416 g/mol. The molecule has 0 atom stereocenters. The Kier molecular flexibility index (Phi) is 5.18. The number of carbonyl (C=O) groups excluding carboxylic acids is 1. The third kappa shape index (κ3) is 3.92. The second kappa shape index (κ2) is 8.28. The number of hydrogen-bond donors (Lipinski definition) is 2. The number of rotatable bonds is 5. The van der Waals surface area contributed by atoms with Gasteiger partial charge in [-0.15, -0.1) is 0 Å². The van der Waals surface area contributed by atoms with Crippen molar-refractivity contribution in [2.75, 3.05) is 37.6 Å². The molecular weight excluding hydrogens is 393 g/mol. The van der Waals surface area contributed by atoms with Crippen LogP contribution in [0.1, 0.15) is 10.4 Å². The normalized spacial score (nSPS) is 14.8. The molecule has 0 bridgehead atoms. The lowest BCUT2D eigenvalue weighted by atomic mass is 10.0. The van der Waals surface area contributed by atoms with Crippen LogP contribution in [0.4, 0.5) is 10.3 Å². The van der Waals surface area contributed by atoms with E-state index in [-0.39, 0.29) is 11.6 Å². The first-order chi connectivity index (χ1) is 15.2. The fourth-order valence-electron chi connectivity index (χ4n) is 4.23. The number of H-pyrrole nitrogens is 1. The number of quaternary nitrogens is 1. The number of piperazine rings is 1. The molecule has 2 aromatic carbocycles. The van der Waals surface area contributed by atoms with Gasteiger partial charge < -0.3 is 14.8 Å². The molecule has 2 N–H and O–H groups in total. The van der Waals surface area contributed by atoms with Crippen molar-refractivity contribution in [3.05, 3.63) is 78.4 Å². The summed E-state index contributed by atoms with van der Waals surface area (Å²) in [5.74, 6) is 0.539. The summed E-state index contributed by atoms with van der Waals surface area (Å²) in [5.41, 5.74) is 3.15. The highest BCUT2D eigenvalue weighted by molar-refractivity contribution is 6.13. The van der Waals surface area contributed by atoms with Gasteiger partial charge in [0.25, 0.3) is 0 Å². The highest BCUT2D eigenvalue weighted by Crippen LogP contribution is 2.30. The van der Waals surface area contributed by atoms with E-state index in [1.165, 1.54) is 17.0 Å². The summed E-state index contributed by atoms with van der Waals surface area (Å²) < 4.78 is 13.4. The largest absolute Gasteiger partial charge is 0.354 e. The van der Waals surface area contributed by atoms with Gasteiger partial charge in [-0.2, -0.15) is 0 Å². The lowest BCUT2D eigenvalue weighted by Gasteiger charge is -2.31. The number of benzene rings is 2. The van der Waals surface area contributed by atoms with E-state index in [1.54, 1.807) is 24.5 Å². The maximum absolute atomic E-state index is 13.4. The van der Waals surface area contributed by atoms with Crippen LogP contribution in [0.3, 0.4) is 0 Å². The highest BCUT2D eigenvalue weighted by Gasteiger charge is 2.27. The third-order valence-electron chi connectivity index (χ3n) is 5.83. The topological polar surface area (TPSA) is 66.3 Å². The van der Waals surface area contributed by atoms with Gasteiger partial charge in [0.15, 0.2) is 0 Å². The van der Waals surface area contributed by atoms with Gasteiger partial charge >= 0.3 is 0 Å². The van der Waals surface area contributed by atoms with Crippen molar-refractivity contribution in [1.82, 2.24) is 15.0 Å². The summed E-state index contributed by atoms with van der Waals surface area (Å²) in [6, 6.07) is 15.9. The Morgan fingerprint density at radius 2 is 1.71 bits per heavy atom. The van der Waals surface area contributed by atoms with Crippen LogP contribution < -0.4 is 9.80 Å². The first-order valence-corrected chi connectivity index (χ1v) is 10.4. The summed E-state index contributed by atoms with van der Waals surface area (Å²) >= 11 is 0. The van der Waals surface area contributed by atoms with Crippen molar-refractivity contribution in [2.45, 2.75) is 0 Å². The molecule has 0 amide bonds. The van der Waals surface area contributed by atoms with E-state index in [2.05, 4.69) is 19.9 Å². The smallest absolute Gasteiger partial charge is 0.225 e. The van der Waals surface area contributed by atoms with E-state index in [0.29, 0.717) is 12.1 Å². The number of carbonyl (C=O) groups is 1. The summed E-state index contributed by atoms with van der Waals surface area (Å²) in [6.07, 6.45) is 3.50. The molecule has 0 spiro atoms. The minimum absolute atomic E-state index is 0.0937. The summed E-state index contributed by atoms with van der Waals surface area (Å²) in [7, 11) is 0. The van der Waals surface area contributed by atoms with Gasteiger partial charge in [0.2, 0.25) is 11.7 Å². The molecule has 1 saturated heterocycles. The maximum Gasteiger partial charge on any atom is 0.225 e. The van der Waals surface area contributed by atoms with Crippen molar-refractivity contribution in [1.29, 1.82) is 0 Å². The zero-order valence-corrected chi connectivity index (χ0v) is 17.0. The number of aromatic nitrogens is 3. The van der Waals surface area contributed by atoms with Crippen LogP contribution in [-0.4, -0.2) is 53.5 Å². The fraction of sp³-hybridized carbons (Fsp3) is 0.208. The van der Waals surface area contributed by atoms with Crippen molar-refractivity contribution >= 4 is 22.6 Å². The van der Waals surface area contributed by atoms with E-state index in [1.807, 2.05) is 30.3 Å². The summed E-state index contributed by atoms with van der Waals surface area (Å²) in [6.45, 7) is 3.73. The van der Waals surface area contributed by atoms with Gasteiger partial charge in [-0.3, -0.25) is 4.79 Å². The third-order valence-corrected chi connectivity index (χ3v) is 5.83. The summed E-state index contributed by atoms with van der Waals surface area (Å²) in [5, 5.41) is 0.905. The Labute approximate surface area is 179 Å². The van der Waals surface area contributed by atoms with Gasteiger partial charge in [-0.1, -0.05) is 18.2 Å². The van der Waals surface area contributed by atoms with Crippen LogP contribution >= 0.6 is 0 Å². The predicted molar refractivity (Wildman–Crippen MR) is 118 cm³/mol. The molecule has 0 saturated carbocycles. The molecule has 0 radical (unpaired) electrons. The van der Waals surface area contributed by atoms with Crippen LogP contribution in [-0.2, 0) is 0 Å². The maximum atomic E-state index is 13.4. The number of nitrogens with one attached hydrogen (secondary N) is 2. The number of para-hydroxylation sites is 1. The fourth-order valence-corrected chi connectivity index (χ4v) is 4.23.